The Bertz CT molecular complexity index is 83.1. The fraction of sp³-hybridized carbons (Fsp3) is 1.00. The molecule has 56 valence electrons. The average Bonchev–Trinajstić information content (AvgIpc) is 1.65. The van der Waals surface area contributed by atoms with Gasteiger partial charge >= 0.3 is 0 Å². The second-order valence-corrected chi connectivity index (χ2v) is 3.22. The van der Waals surface area contributed by atoms with Crippen LogP contribution in [-0.4, -0.2) is 29.3 Å². The van der Waals surface area contributed by atoms with Gasteiger partial charge in [-0.25, -0.2) is 0 Å². The van der Waals surface area contributed by atoms with Gasteiger partial charge in [-0.15, -0.1) is 0 Å². The maximum Gasteiger partial charge on any atom is 0.116 e. The van der Waals surface area contributed by atoms with Crippen LogP contribution >= 0.6 is 22.6 Å². The van der Waals surface area contributed by atoms with E-state index in [1.54, 1.807) is 0 Å². The van der Waals surface area contributed by atoms with Crippen molar-refractivity contribution in [3.63, 3.8) is 0 Å². The van der Waals surface area contributed by atoms with Crippen LogP contribution in [-0.2, 0) is 4.74 Å². The van der Waals surface area contributed by atoms with Gasteiger partial charge in [-0.3, -0.25) is 4.90 Å². The Labute approximate surface area is 70.7 Å². The summed E-state index contributed by atoms with van der Waals surface area (Å²) in [6, 6.07) is 0. The molecule has 0 aromatic heterocycles. The van der Waals surface area contributed by atoms with Crippen molar-refractivity contribution in [3.8, 4) is 0 Å². The third-order valence-electron chi connectivity index (χ3n) is 1.48. The van der Waals surface area contributed by atoms with Crippen molar-refractivity contribution in [1.29, 1.82) is 0 Å². The zero-order valence-corrected chi connectivity index (χ0v) is 8.60. The molecule has 0 radical (unpaired) electrons. The molecule has 0 saturated heterocycles. The Morgan fingerprint density at radius 2 is 1.89 bits per heavy atom. The molecule has 0 heterocycles. The van der Waals surface area contributed by atoms with Crippen molar-refractivity contribution in [3.05, 3.63) is 0 Å². The Morgan fingerprint density at radius 3 is 2.00 bits per heavy atom. The third kappa shape index (κ3) is 3.37. The van der Waals surface area contributed by atoms with Crippen molar-refractivity contribution in [2.45, 2.75) is 19.6 Å². The van der Waals surface area contributed by atoms with Gasteiger partial charge < -0.3 is 4.74 Å². The van der Waals surface area contributed by atoms with E-state index in [2.05, 4.69) is 22.6 Å². The molecule has 2 nitrogen and oxygen atoms in total. The van der Waals surface area contributed by atoms with E-state index >= 15 is 0 Å². The van der Waals surface area contributed by atoms with Gasteiger partial charge in [0.05, 0.1) is 0 Å². The Hall–Kier alpha value is 0.650. The molecule has 0 fully saturated rings. The highest BCUT2D eigenvalue weighted by molar-refractivity contribution is 14.1. The molecule has 0 amide bonds. The second kappa shape index (κ2) is 3.73. The minimum Gasteiger partial charge on any atom is -0.351 e. The minimum atomic E-state index is -0.124. The minimum absolute atomic E-state index is 0.124. The Kier molecular flexibility index (Phi) is 4.00. The van der Waals surface area contributed by atoms with Crippen molar-refractivity contribution in [2.24, 2.45) is 0 Å². The van der Waals surface area contributed by atoms with E-state index in [0.29, 0.717) is 0 Å². The summed E-state index contributed by atoms with van der Waals surface area (Å²) < 4.78 is 6.14. The SMILES string of the molecule is CN(C)C(C)(C)OCI. The molecular weight excluding hydrogens is 229 g/mol. The zero-order valence-electron chi connectivity index (χ0n) is 6.44. The maximum absolute atomic E-state index is 5.40. The van der Waals surface area contributed by atoms with Crippen molar-refractivity contribution in [1.82, 2.24) is 4.90 Å². The summed E-state index contributed by atoms with van der Waals surface area (Å²) in [5, 5.41) is 0. The molecule has 0 bridgehead atoms. The second-order valence-electron chi connectivity index (χ2n) is 2.59. The lowest BCUT2D eigenvalue weighted by Gasteiger charge is -2.31. The highest BCUT2D eigenvalue weighted by Crippen LogP contribution is 2.12. The molecule has 0 aliphatic rings. The van der Waals surface area contributed by atoms with Crippen LogP contribution in [0.25, 0.3) is 0 Å². The fourth-order valence-electron chi connectivity index (χ4n) is 0.263. The van der Waals surface area contributed by atoms with Gasteiger partial charge in [0.2, 0.25) is 0 Å². The predicted molar refractivity (Wildman–Crippen MR) is 47.7 cm³/mol. The Balaban J connectivity index is 3.70. The first-order chi connectivity index (χ1) is 4.00. The van der Waals surface area contributed by atoms with E-state index in [9.17, 15) is 0 Å². The lowest BCUT2D eigenvalue weighted by atomic mass is 10.3. The van der Waals surface area contributed by atoms with Crippen LogP contribution in [0.5, 0.6) is 0 Å². The van der Waals surface area contributed by atoms with Crippen LogP contribution in [0.1, 0.15) is 13.8 Å². The van der Waals surface area contributed by atoms with Gasteiger partial charge in [0.25, 0.3) is 0 Å². The summed E-state index contributed by atoms with van der Waals surface area (Å²) in [5.41, 5.74) is -0.124. The summed E-state index contributed by atoms with van der Waals surface area (Å²) in [4.78, 5) is 2.05. The van der Waals surface area contributed by atoms with Gasteiger partial charge in [0.15, 0.2) is 0 Å². The lowest BCUT2D eigenvalue weighted by molar-refractivity contribution is -0.0874. The zero-order chi connectivity index (χ0) is 7.49. The van der Waals surface area contributed by atoms with Gasteiger partial charge in [0.1, 0.15) is 10.3 Å². The van der Waals surface area contributed by atoms with E-state index in [0.717, 1.165) is 4.61 Å². The fourth-order valence-corrected chi connectivity index (χ4v) is 1.02. The summed E-state index contributed by atoms with van der Waals surface area (Å²) in [6.45, 7) is 4.09. The van der Waals surface area contributed by atoms with E-state index in [-0.39, 0.29) is 5.72 Å². The lowest BCUT2D eigenvalue weighted by Crippen LogP contribution is -2.40. The summed E-state index contributed by atoms with van der Waals surface area (Å²) >= 11 is 2.20. The van der Waals surface area contributed by atoms with Gasteiger partial charge in [-0.1, -0.05) is 22.6 Å². The summed E-state index contributed by atoms with van der Waals surface area (Å²) in [5.74, 6) is 0. The number of halogens is 1. The van der Waals surface area contributed by atoms with Crippen LogP contribution < -0.4 is 0 Å². The van der Waals surface area contributed by atoms with Gasteiger partial charge in [-0.05, 0) is 27.9 Å². The van der Waals surface area contributed by atoms with Crippen molar-refractivity contribution in [2.75, 3.05) is 18.7 Å². The van der Waals surface area contributed by atoms with Crippen LogP contribution in [0.2, 0.25) is 0 Å². The molecule has 0 aromatic carbocycles. The molecule has 0 spiro atoms. The first kappa shape index (κ1) is 9.65. The quantitative estimate of drug-likeness (QED) is 0.425. The maximum atomic E-state index is 5.40. The summed E-state index contributed by atoms with van der Waals surface area (Å²) in [7, 11) is 4.01. The monoisotopic (exact) mass is 243 g/mol. The van der Waals surface area contributed by atoms with E-state index in [1.807, 2.05) is 32.8 Å². The first-order valence-corrected chi connectivity index (χ1v) is 4.40. The molecule has 0 aromatic rings. The van der Waals surface area contributed by atoms with E-state index < -0.39 is 0 Å². The van der Waals surface area contributed by atoms with Gasteiger partial charge in [0, 0.05) is 0 Å². The molecule has 0 aliphatic heterocycles. The molecule has 0 N–H and O–H groups in total. The number of hydrogen-bond donors (Lipinski definition) is 0. The first-order valence-electron chi connectivity index (χ1n) is 2.88. The van der Waals surface area contributed by atoms with Crippen LogP contribution in [0.4, 0.5) is 0 Å². The highest BCUT2D eigenvalue weighted by atomic mass is 127. The van der Waals surface area contributed by atoms with Crippen LogP contribution in [0.15, 0.2) is 0 Å². The van der Waals surface area contributed by atoms with Crippen molar-refractivity contribution >= 4 is 22.6 Å². The molecule has 0 atom stereocenters. The molecular formula is C6H14INO. The van der Waals surface area contributed by atoms with Gasteiger partial charge in [-0.2, -0.15) is 0 Å². The largest absolute Gasteiger partial charge is 0.351 e. The smallest absolute Gasteiger partial charge is 0.116 e. The number of ether oxygens (including phenoxy) is 1. The number of rotatable bonds is 3. The normalized spacial score (nSPS) is 12.7. The summed E-state index contributed by atoms with van der Waals surface area (Å²) in [6.07, 6.45) is 0. The van der Waals surface area contributed by atoms with E-state index in [1.165, 1.54) is 0 Å². The van der Waals surface area contributed by atoms with Crippen LogP contribution in [0, 0.1) is 0 Å². The number of nitrogens with zero attached hydrogens (tertiary/aromatic N) is 1. The predicted octanol–water partition coefficient (Wildman–Crippen LogP) is 1.69. The molecule has 0 saturated carbocycles. The molecule has 0 aliphatic carbocycles. The molecule has 3 heteroatoms. The molecule has 9 heavy (non-hydrogen) atoms. The number of alkyl halides is 1. The Morgan fingerprint density at radius 1 is 1.44 bits per heavy atom. The highest BCUT2D eigenvalue weighted by Gasteiger charge is 2.19. The van der Waals surface area contributed by atoms with E-state index in [4.69, 9.17) is 4.74 Å². The molecule has 0 rings (SSSR count). The topological polar surface area (TPSA) is 12.5 Å². The van der Waals surface area contributed by atoms with Crippen molar-refractivity contribution < 1.29 is 4.74 Å². The third-order valence-corrected chi connectivity index (χ3v) is 1.80. The standard InChI is InChI=1S/C6H14INO/c1-6(2,8(3)4)9-5-7/h5H2,1-4H3. The average molecular weight is 243 g/mol. The van der Waals surface area contributed by atoms with Crippen LogP contribution in [0.3, 0.4) is 0 Å². The number of hydrogen-bond acceptors (Lipinski definition) is 2. The molecule has 0 unspecified atom stereocenters.